The number of amides is 1. The van der Waals surface area contributed by atoms with Crippen molar-refractivity contribution in [3.05, 3.63) is 64.3 Å². The van der Waals surface area contributed by atoms with E-state index < -0.39 is 11.9 Å². The van der Waals surface area contributed by atoms with E-state index in [1.807, 2.05) is 13.8 Å². The Hall–Kier alpha value is -3.59. The number of rotatable bonds is 8. The predicted molar refractivity (Wildman–Crippen MR) is 116 cm³/mol. The van der Waals surface area contributed by atoms with Crippen molar-refractivity contribution in [1.82, 2.24) is 10.1 Å². The van der Waals surface area contributed by atoms with E-state index in [2.05, 4.69) is 15.5 Å². The van der Waals surface area contributed by atoms with Gasteiger partial charge in [-0.25, -0.2) is 4.79 Å². The number of halogens is 1. The van der Waals surface area contributed by atoms with E-state index in [0.717, 1.165) is 0 Å². The Bertz CT molecular complexity index is 1130. The van der Waals surface area contributed by atoms with Crippen LogP contribution in [0.15, 0.2) is 40.9 Å². The van der Waals surface area contributed by atoms with Crippen LogP contribution in [0.25, 0.3) is 0 Å². The third-order valence-electron chi connectivity index (χ3n) is 4.44. The first-order valence-corrected chi connectivity index (χ1v) is 10.0. The largest absolute Gasteiger partial charge is 0.493 e. The van der Waals surface area contributed by atoms with Crippen molar-refractivity contribution in [3.63, 3.8) is 0 Å². The summed E-state index contributed by atoms with van der Waals surface area (Å²) in [6.07, 6.45) is 0. The molecule has 0 radical (unpaired) electrons. The zero-order valence-electron chi connectivity index (χ0n) is 18.0. The minimum Gasteiger partial charge on any atom is -0.493 e. The smallest absolute Gasteiger partial charge is 0.340 e. The Morgan fingerprint density at radius 1 is 1.09 bits per heavy atom. The fourth-order valence-electron chi connectivity index (χ4n) is 2.75. The molecule has 1 aromatic heterocycles. The summed E-state index contributed by atoms with van der Waals surface area (Å²) in [5.41, 5.74) is 0.452. The molecule has 0 aliphatic carbocycles. The number of methoxy groups -OCH3 is 2. The maximum Gasteiger partial charge on any atom is 0.340 e. The second-order valence-electron chi connectivity index (χ2n) is 6.96. The van der Waals surface area contributed by atoms with E-state index in [-0.39, 0.29) is 46.0 Å². The molecule has 3 rings (SSSR count). The van der Waals surface area contributed by atoms with Gasteiger partial charge in [0.1, 0.15) is 0 Å². The summed E-state index contributed by atoms with van der Waals surface area (Å²) < 4.78 is 21.0. The van der Waals surface area contributed by atoms with Gasteiger partial charge in [-0.1, -0.05) is 42.7 Å². The quantitative estimate of drug-likeness (QED) is 0.491. The van der Waals surface area contributed by atoms with E-state index in [0.29, 0.717) is 11.6 Å². The molecule has 32 heavy (non-hydrogen) atoms. The Kier molecular flexibility index (Phi) is 7.32. The first kappa shape index (κ1) is 23.1. The van der Waals surface area contributed by atoms with Crippen LogP contribution in [0.4, 0.5) is 5.69 Å². The molecule has 0 spiro atoms. The Balaban J connectivity index is 1.87. The number of anilines is 1. The highest BCUT2D eigenvalue weighted by molar-refractivity contribution is 6.34. The minimum absolute atomic E-state index is 0.0478. The van der Waals surface area contributed by atoms with Crippen molar-refractivity contribution < 1.29 is 28.3 Å². The molecule has 168 valence electrons. The van der Waals surface area contributed by atoms with Gasteiger partial charge in [-0.2, -0.15) is 4.98 Å². The Morgan fingerprint density at radius 3 is 2.41 bits per heavy atom. The highest BCUT2D eigenvalue weighted by Crippen LogP contribution is 2.34. The minimum atomic E-state index is -0.732. The number of benzene rings is 2. The van der Waals surface area contributed by atoms with Gasteiger partial charge in [-0.3, -0.25) is 4.79 Å². The molecule has 0 saturated carbocycles. The molecule has 0 fully saturated rings. The van der Waals surface area contributed by atoms with Gasteiger partial charge < -0.3 is 24.1 Å². The first-order chi connectivity index (χ1) is 15.3. The number of carbonyl (C=O) groups is 2. The average molecular weight is 460 g/mol. The number of ether oxygens (including phenoxy) is 3. The maximum atomic E-state index is 12.8. The molecule has 3 aromatic rings. The van der Waals surface area contributed by atoms with E-state index in [1.54, 1.807) is 24.3 Å². The SMILES string of the molecule is COc1cc(NC(=O)c2ccccc2Cl)c(C(=O)OCc2nc(C(C)C)no2)cc1OC. The number of nitrogens with one attached hydrogen (secondary N) is 1. The number of carbonyl (C=O) groups excluding carboxylic acids is 2. The lowest BCUT2D eigenvalue weighted by atomic mass is 10.1. The number of hydrogen-bond donors (Lipinski definition) is 1. The molecule has 0 saturated heterocycles. The lowest BCUT2D eigenvalue weighted by Gasteiger charge is -2.15. The van der Waals surface area contributed by atoms with Gasteiger partial charge in [-0.05, 0) is 12.1 Å². The topological polar surface area (TPSA) is 113 Å². The summed E-state index contributed by atoms with van der Waals surface area (Å²) in [6, 6.07) is 9.43. The summed E-state index contributed by atoms with van der Waals surface area (Å²) in [5, 5.41) is 6.78. The van der Waals surface area contributed by atoms with Crippen LogP contribution in [0.5, 0.6) is 11.5 Å². The highest BCUT2D eigenvalue weighted by Gasteiger charge is 2.22. The van der Waals surface area contributed by atoms with Crippen LogP contribution in [0.2, 0.25) is 5.02 Å². The van der Waals surface area contributed by atoms with Gasteiger partial charge in [0.25, 0.3) is 11.8 Å². The van der Waals surface area contributed by atoms with Crippen molar-refractivity contribution in [3.8, 4) is 11.5 Å². The third kappa shape index (κ3) is 5.17. The number of aromatic nitrogens is 2. The third-order valence-corrected chi connectivity index (χ3v) is 4.77. The van der Waals surface area contributed by atoms with Gasteiger partial charge >= 0.3 is 5.97 Å². The highest BCUT2D eigenvalue weighted by atomic mass is 35.5. The van der Waals surface area contributed by atoms with Gasteiger partial charge in [0.2, 0.25) is 0 Å². The Morgan fingerprint density at radius 2 is 1.78 bits per heavy atom. The molecule has 1 heterocycles. The molecule has 1 N–H and O–H groups in total. The molecule has 0 atom stereocenters. The normalized spacial score (nSPS) is 10.7. The van der Waals surface area contributed by atoms with Crippen molar-refractivity contribution >= 4 is 29.2 Å². The van der Waals surface area contributed by atoms with E-state index in [1.165, 1.54) is 26.4 Å². The summed E-state index contributed by atoms with van der Waals surface area (Å²) in [7, 11) is 2.87. The molecular formula is C22H22ClN3O6. The number of hydrogen-bond acceptors (Lipinski definition) is 8. The lowest BCUT2D eigenvalue weighted by Crippen LogP contribution is -2.17. The molecule has 9 nitrogen and oxygen atoms in total. The summed E-state index contributed by atoms with van der Waals surface area (Å²) in [6.45, 7) is 3.60. The van der Waals surface area contributed by atoms with E-state index in [9.17, 15) is 9.59 Å². The van der Waals surface area contributed by atoms with Gasteiger partial charge in [-0.15, -0.1) is 0 Å². The summed E-state index contributed by atoms with van der Waals surface area (Å²) in [5.74, 6) is 0.104. The fraction of sp³-hybridized carbons (Fsp3) is 0.273. The Labute approximate surface area is 189 Å². The molecule has 10 heteroatoms. The van der Waals surface area contributed by atoms with Crippen molar-refractivity contribution in [1.29, 1.82) is 0 Å². The maximum absolute atomic E-state index is 12.8. The second-order valence-corrected chi connectivity index (χ2v) is 7.37. The zero-order valence-corrected chi connectivity index (χ0v) is 18.7. The van der Waals surface area contributed by atoms with Crippen molar-refractivity contribution in [2.45, 2.75) is 26.4 Å². The fourth-order valence-corrected chi connectivity index (χ4v) is 2.97. The van der Waals surface area contributed by atoms with Crippen LogP contribution in [-0.2, 0) is 11.3 Å². The molecule has 0 unspecified atom stereocenters. The number of nitrogens with zero attached hydrogens (tertiary/aromatic N) is 2. The summed E-state index contributed by atoms with van der Waals surface area (Å²) >= 11 is 6.12. The van der Waals surface area contributed by atoms with Crippen LogP contribution in [0.1, 0.15) is 52.2 Å². The second kappa shape index (κ2) is 10.1. The van der Waals surface area contributed by atoms with Crippen LogP contribution < -0.4 is 14.8 Å². The molecular weight excluding hydrogens is 438 g/mol. The van der Waals surface area contributed by atoms with Crippen LogP contribution in [0.3, 0.4) is 0 Å². The van der Waals surface area contributed by atoms with E-state index in [4.69, 9.17) is 30.3 Å². The van der Waals surface area contributed by atoms with Crippen LogP contribution in [-0.4, -0.2) is 36.2 Å². The van der Waals surface area contributed by atoms with E-state index >= 15 is 0 Å². The standard InChI is InChI=1S/C22H22ClN3O6/c1-12(2)20-25-19(32-26-20)11-31-22(28)14-9-17(29-3)18(30-4)10-16(14)24-21(27)13-7-5-6-8-15(13)23/h5-10,12H,11H2,1-4H3,(H,24,27). The van der Waals surface area contributed by atoms with Gasteiger partial charge in [0.05, 0.1) is 36.1 Å². The van der Waals surface area contributed by atoms with Gasteiger partial charge in [0.15, 0.2) is 23.9 Å². The van der Waals surface area contributed by atoms with Crippen molar-refractivity contribution in [2.75, 3.05) is 19.5 Å². The van der Waals surface area contributed by atoms with Crippen LogP contribution >= 0.6 is 11.6 Å². The predicted octanol–water partition coefficient (Wildman–Crippen LogP) is 4.47. The zero-order chi connectivity index (χ0) is 23.3. The molecule has 0 aliphatic heterocycles. The average Bonchev–Trinajstić information content (AvgIpc) is 3.27. The van der Waals surface area contributed by atoms with Crippen molar-refractivity contribution in [2.24, 2.45) is 0 Å². The number of esters is 1. The molecule has 0 aliphatic rings. The molecule has 1 amide bonds. The molecule has 2 aromatic carbocycles. The van der Waals surface area contributed by atoms with Crippen LogP contribution in [0, 0.1) is 0 Å². The molecule has 0 bridgehead atoms. The van der Waals surface area contributed by atoms with Gasteiger partial charge in [0, 0.05) is 18.1 Å². The lowest BCUT2D eigenvalue weighted by molar-refractivity contribution is 0.0430. The first-order valence-electron chi connectivity index (χ1n) is 9.65. The monoisotopic (exact) mass is 459 g/mol. The summed E-state index contributed by atoms with van der Waals surface area (Å²) in [4.78, 5) is 29.8.